The van der Waals surface area contributed by atoms with Crippen LogP contribution in [0, 0.1) is 5.82 Å². The molecule has 4 heteroatoms. The van der Waals surface area contributed by atoms with E-state index in [1.165, 1.54) is 23.9 Å². The molecule has 1 atom stereocenters. The van der Waals surface area contributed by atoms with Crippen LogP contribution in [0.2, 0.25) is 0 Å². The fraction of sp³-hybridized carbons (Fsp3) is 0.250. The van der Waals surface area contributed by atoms with Gasteiger partial charge in [-0.1, -0.05) is 11.8 Å². The molecule has 0 aliphatic carbocycles. The normalized spacial score (nSPS) is 12.9. The molecule has 1 aromatic rings. The average Bonchev–Trinajstić information content (AvgIpc) is 2.09. The lowest BCUT2D eigenvalue weighted by atomic mass is 10.4. The van der Waals surface area contributed by atoms with Gasteiger partial charge in [0.2, 0.25) is 0 Å². The van der Waals surface area contributed by atoms with Gasteiger partial charge in [-0.15, -0.1) is 0 Å². The molecule has 0 aliphatic heterocycles. The predicted octanol–water partition coefficient (Wildman–Crippen LogP) is 1.19. The number of halogens is 1. The maximum Gasteiger partial charge on any atom is 0.123 e. The van der Waals surface area contributed by atoms with Crippen LogP contribution in [0.15, 0.2) is 29.2 Å². The van der Waals surface area contributed by atoms with Crippen molar-refractivity contribution >= 4 is 11.8 Å². The molecule has 12 heavy (non-hydrogen) atoms. The molecule has 66 valence electrons. The van der Waals surface area contributed by atoms with Crippen LogP contribution >= 0.6 is 11.8 Å². The van der Waals surface area contributed by atoms with E-state index in [1.807, 2.05) is 0 Å². The molecule has 3 N–H and O–H groups in total. The highest BCUT2D eigenvalue weighted by Crippen LogP contribution is 2.20. The van der Waals surface area contributed by atoms with Crippen molar-refractivity contribution < 1.29 is 9.50 Å². The standard InChI is InChI=1S/C8H10FNOS/c9-6-1-3-7(4-2-6)12-8(11)5-10/h1-4,8,11H,5,10H2. The smallest absolute Gasteiger partial charge is 0.123 e. The molecular formula is C8H10FNOS. The fourth-order valence-corrected chi connectivity index (χ4v) is 1.42. The second kappa shape index (κ2) is 4.45. The summed E-state index contributed by atoms with van der Waals surface area (Å²) in [5.74, 6) is -0.276. The van der Waals surface area contributed by atoms with Crippen LogP contribution < -0.4 is 5.73 Å². The summed E-state index contributed by atoms with van der Waals surface area (Å²) in [6.45, 7) is 0.196. The number of aliphatic hydroxyl groups excluding tert-OH is 1. The Kier molecular flexibility index (Phi) is 3.52. The zero-order valence-corrected chi connectivity index (χ0v) is 7.22. The number of nitrogens with two attached hydrogens (primary N) is 1. The van der Waals surface area contributed by atoms with Crippen LogP contribution in [0.3, 0.4) is 0 Å². The topological polar surface area (TPSA) is 46.2 Å². The van der Waals surface area contributed by atoms with Gasteiger partial charge < -0.3 is 10.8 Å². The molecule has 1 aromatic carbocycles. The first-order valence-corrected chi connectivity index (χ1v) is 4.40. The van der Waals surface area contributed by atoms with Crippen molar-refractivity contribution in [2.75, 3.05) is 6.54 Å². The van der Waals surface area contributed by atoms with E-state index in [0.29, 0.717) is 0 Å². The van der Waals surface area contributed by atoms with Gasteiger partial charge in [0.25, 0.3) is 0 Å². The van der Waals surface area contributed by atoms with Crippen LogP contribution in [0.25, 0.3) is 0 Å². The number of aliphatic hydroxyl groups is 1. The summed E-state index contributed by atoms with van der Waals surface area (Å²) in [6.07, 6.45) is 0. The van der Waals surface area contributed by atoms with E-state index in [2.05, 4.69) is 0 Å². The first-order chi connectivity index (χ1) is 5.72. The summed E-state index contributed by atoms with van der Waals surface area (Å²) < 4.78 is 12.4. The van der Waals surface area contributed by atoms with Gasteiger partial charge in [-0.3, -0.25) is 0 Å². The van der Waals surface area contributed by atoms with Gasteiger partial charge >= 0.3 is 0 Å². The molecule has 1 unspecified atom stereocenters. The van der Waals surface area contributed by atoms with Crippen molar-refractivity contribution in [1.29, 1.82) is 0 Å². The Labute approximate surface area is 74.6 Å². The lowest BCUT2D eigenvalue weighted by molar-refractivity contribution is 0.271. The summed E-state index contributed by atoms with van der Waals surface area (Å²) in [6, 6.07) is 5.93. The Balaban J connectivity index is 2.58. The third-order valence-electron chi connectivity index (χ3n) is 1.29. The third kappa shape index (κ3) is 2.81. The minimum absolute atomic E-state index is 0.196. The van der Waals surface area contributed by atoms with Crippen molar-refractivity contribution in [3.63, 3.8) is 0 Å². The second-order valence-electron chi connectivity index (χ2n) is 2.26. The summed E-state index contributed by atoms with van der Waals surface area (Å²) in [7, 11) is 0. The van der Waals surface area contributed by atoms with E-state index in [9.17, 15) is 4.39 Å². The molecule has 0 radical (unpaired) electrons. The Morgan fingerprint density at radius 2 is 2.00 bits per heavy atom. The van der Waals surface area contributed by atoms with Gasteiger partial charge in [0.05, 0.1) is 0 Å². The summed E-state index contributed by atoms with van der Waals surface area (Å²) in [5.41, 5.74) is 4.59. The minimum Gasteiger partial charge on any atom is -0.381 e. The molecular weight excluding hydrogens is 177 g/mol. The molecule has 0 aliphatic rings. The van der Waals surface area contributed by atoms with E-state index in [1.54, 1.807) is 12.1 Å². The van der Waals surface area contributed by atoms with Gasteiger partial charge in [0, 0.05) is 11.4 Å². The predicted molar refractivity (Wildman–Crippen MR) is 47.3 cm³/mol. The zero-order chi connectivity index (χ0) is 8.97. The van der Waals surface area contributed by atoms with Crippen molar-refractivity contribution in [1.82, 2.24) is 0 Å². The molecule has 0 saturated carbocycles. The van der Waals surface area contributed by atoms with E-state index < -0.39 is 5.44 Å². The fourth-order valence-electron chi connectivity index (χ4n) is 0.718. The number of benzene rings is 1. The van der Waals surface area contributed by atoms with Gasteiger partial charge in [-0.05, 0) is 24.3 Å². The molecule has 0 amide bonds. The zero-order valence-electron chi connectivity index (χ0n) is 6.40. The molecule has 1 rings (SSSR count). The highest BCUT2D eigenvalue weighted by atomic mass is 32.2. The molecule has 0 spiro atoms. The third-order valence-corrected chi connectivity index (χ3v) is 2.30. The quantitative estimate of drug-likeness (QED) is 0.552. The largest absolute Gasteiger partial charge is 0.381 e. The molecule has 0 fully saturated rings. The molecule has 0 bridgehead atoms. The highest BCUT2D eigenvalue weighted by molar-refractivity contribution is 7.99. The Morgan fingerprint density at radius 3 is 2.50 bits per heavy atom. The van der Waals surface area contributed by atoms with E-state index in [4.69, 9.17) is 10.8 Å². The Bertz CT molecular complexity index is 239. The highest BCUT2D eigenvalue weighted by Gasteiger charge is 2.02. The summed E-state index contributed by atoms with van der Waals surface area (Å²) in [5, 5.41) is 9.12. The van der Waals surface area contributed by atoms with E-state index in [0.717, 1.165) is 4.90 Å². The minimum atomic E-state index is -0.615. The first kappa shape index (κ1) is 9.51. The monoisotopic (exact) mass is 187 g/mol. The Morgan fingerprint density at radius 1 is 1.42 bits per heavy atom. The van der Waals surface area contributed by atoms with E-state index >= 15 is 0 Å². The number of hydrogen-bond donors (Lipinski definition) is 2. The number of thioether (sulfide) groups is 1. The van der Waals surface area contributed by atoms with Crippen LogP contribution in [0.5, 0.6) is 0 Å². The SMILES string of the molecule is NCC(O)Sc1ccc(F)cc1. The van der Waals surface area contributed by atoms with Gasteiger partial charge in [0.1, 0.15) is 11.3 Å². The van der Waals surface area contributed by atoms with Crippen LogP contribution in [0.4, 0.5) is 4.39 Å². The van der Waals surface area contributed by atoms with Crippen LogP contribution in [-0.2, 0) is 0 Å². The molecule has 0 saturated heterocycles. The Hall–Kier alpha value is -0.580. The maximum atomic E-state index is 12.4. The second-order valence-corrected chi connectivity index (χ2v) is 3.51. The van der Waals surface area contributed by atoms with Crippen LogP contribution in [-0.4, -0.2) is 17.1 Å². The molecule has 2 nitrogen and oxygen atoms in total. The molecule has 0 heterocycles. The van der Waals surface area contributed by atoms with Crippen molar-refractivity contribution in [3.05, 3.63) is 30.1 Å². The van der Waals surface area contributed by atoms with Crippen LogP contribution in [0.1, 0.15) is 0 Å². The number of rotatable bonds is 3. The van der Waals surface area contributed by atoms with Gasteiger partial charge in [-0.25, -0.2) is 4.39 Å². The lowest BCUT2D eigenvalue weighted by Crippen LogP contribution is -2.15. The van der Waals surface area contributed by atoms with Gasteiger partial charge in [-0.2, -0.15) is 0 Å². The van der Waals surface area contributed by atoms with E-state index in [-0.39, 0.29) is 12.4 Å². The van der Waals surface area contributed by atoms with Crippen molar-refractivity contribution in [3.8, 4) is 0 Å². The average molecular weight is 187 g/mol. The van der Waals surface area contributed by atoms with Crippen molar-refractivity contribution in [2.45, 2.75) is 10.3 Å². The molecule has 0 aromatic heterocycles. The summed E-state index contributed by atoms with van der Waals surface area (Å²) in [4.78, 5) is 0.814. The van der Waals surface area contributed by atoms with Crippen molar-refractivity contribution in [2.24, 2.45) is 5.73 Å². The summed E-state index contributed by atoms with van der Waals surface area (Å²) >= 11 is 1.22. The lowest BCUT2D eigenvalue weighted by Gasteiger charge is -2.06. The van der Waals surface area contributed by atoms with Gasteiger partial charge in [0.15, 0.2) is 0 Å². The first-order valence-electron chi connectivity index (χ1n) is 3.52. The maximum absolute atomic E-state index is 12.4. The number of hydrogen-bond acceptors (Lipinski definition) is 3.